The van der Waals surface area contributed by atoms with Crippen molar-refractivity contribution in [1.29, 1.82) is 0 Å². The zero-order valence-electron chi connectivity index (χ0n) is 19.2. The van der Waals surface area contributed by atoms with Gasteiger partial charge in [0.15, 0.2) is 0 Å². The van der Waals surface area contributed by atoms with Crippen molar-refractivity contribution in [1.82, 2.24) is 9.78 Å². The summed E-state index contributed by atoms with van der Waals surface area (Å²) in [5.41, 5.74) is 1.75. The van der Waals surface area contributed by atoms with E-state index in [0.29, 0.717) is 16.8 Å². The normalized spacial score (nSPS) is 10.6. The van der Waals surface area contributed by atoms with Gasteiger partial charge in [0, 0.05) is 17.7 Å². The van der Waals surface area contributed by atoms with E-state index in [9.17, 15) is 19.5 Å². The third-order valence-electron chi connectivity index (χ3n) is 5.46. The molecule has 4 aromatic rings. The number of aryl methyl sites for hydroxylation is 1. The number of rotatable bonds is 6. The molecule has 1 aromatic heterocycles. The van der Waals surface area contributed by atoms with Crippen molar-refractivity contribution in [2.75, 3.05) is 12.4 Å². The first-order chi connectivity index (χ1) is 16.9. The molecule has 0 unspecified atom stereocenters. The number of benzene rings is 3. The average Bonchev–Trinajstić information content (AvgIpc) is 2.89. The fourth-order valence-corrected chi connectivity index (χ4v) is 3.75. The van der Waals surface area contributed by atoms with E-state index >= 15 is 0 Å². The quantitative estimate of drug-likeness (QED) is 0.321. The van der Waals surface area contributed by atoms with Crippen molar-refractivity contribution in [2.45, 2.75) is 13.5 Å². The average molecular weight is 469 g/mol. The number of anilines is 1. The van der Waals surface area contributed by atoms with Crippen molar-refractivity contribution >= 4 is 17.6 Å². The van der Waals surface area contributed by atoms with Gasteiger partial charge in [0.1, 0.15) is 11.3 Å². The van der Waals surface area contributed by atoms with Crippen LogP contribution >= 0.6 is 0 Å². The van der Waals surface area contributed by atoms with Gasteiger partial charge >= 0.3 is 5.97 Å². The van der Waals surface area contributed by atoms with Gasteiger partial charge in [-0.25, -0.2) is 9.48 Å². The number of aromatic nitrogens is 2. The van der Waals surface area contributed by atoms with E-state index in [0.717, 1.165) is 5.56 Å². The number of ether oxygens (including phenoxy) is 1. The third kappa shape index (κ3) is 4.67. The highest BCUT2D eigenvalue weighted by molar-refractivity contribution is 6.11. The first-order valence-electron chi connectivity index (χ1n) is 10.9. The van der Waals surface area contributed by atoms with E-state index in [2.05, 4.69) is 15.2 Å². The van der Waals surface area contributed by atoms with Gasteiger partial charge in [-0.2, -0.15) is 5.10 Å². The number of carbonyl (C=O) groups excluding carboxylic acids is 2. The maximum absolute atomic E-state index is 13.6. The lowest BCUT2D eigenvalue weighted by atomic mass is 9.95. The molecule has 8 nitrogen and oxygen atoms in total. The maximum Gasteiger partial charge on any atom is 0.337 e. The number of hydrogen-bond donors (Lipinski definition) is 2. The number of phenols is 1. The van der Waals surface area contributed by atoms with Crippen LogP contribution in [0.4, 0.5) is 5.69 Å². The topological polar surface area (TPSA) is 111 Å². The SMILES string of the molecule is CCn1nc(-c2ccccc2)c(-c2ccccc2)c(C(=O)Nc2ccc(C(=O)OC)cc2O)c1=O. The summed E-state index contributed by atoms with van der Waals surface area (Å²) in [6, 6.07) is 22.3. The Morgan fingerprint density at radius 2 is 1.60 bits per heavy atom. The van der Waals surface area contributed by atoms with Crippen molar-refractivity contribution in [3.05, 3.63) is 100 Å². The first-order valence-corrected chi connectivity index (χ1v) is 10.9. The van der Waals surface area contributed by atoms with Crippen LogP contribution in [0.15, 0.2) is 83.7 Å². The van der Waals surface area contributed by atoms with E-state index < -0.39 is 17.4 Å². The van der Waals surface area contributed by atoms with Gasteiger partial charge in [0.2, 0.25) is 0 Å². The molecular weight excluding hydrogens is 446 g/mol. The number of esters is 1. The highest BCUT2D eigenvalue weighted by Gasteiger charge is 2.25. The molecule has 4 rings (SSSR count). The molecule has 176 valence electrons. The van der Waals surface area contributed by atoms with Crippen LogP contribution in [0.3, 0.4) is 0 Å². The molecule has 0 aliphatic heterocycles. The van der Waals surface area contributed by atoms with Crippen LogP contribution < -0.4 is 10.9 Å². The number of nitrogens with one attached hydrogen (secondary N) is 1. The largest absolute Gasteiger partial charge is 0.506 e. The van der Waals surface area contributed by atoms with Crippen LogP contribution in [0.2, 0.25) is 0 Å². The third-order valence-corrected chi connectivity index (χ3v) is 5.46. The van der Waals surface area contributed by atoms with E-state index in [-0.39, 0.29) is 29.1 Å². The Kier molecular flexibility index (Phi) is 6.73. The predicted octanol–water partition coefficient (Wildman–Crippen LogP) is 4.34. The molecule has 0 bridgehead atoms. The molecule has 0 radical (unpaired) electrons. The minimum absolute atomic E-state index is 0.0437. The monoisotopic (exact) mass is 469 g/mol. The fraction of sp³-hybridized carbons (Fsp3) is 0.111. The van der Waals surface area contributed by atoms with Crippen molar-refractivity contribution in [3.8, 4) is 28.1 Å². The molecule has 2 N–H and O–H groups in total. The zero-order valence-corrected chi connectivity index (χ0v) is 19.2. The maximum atomic E-state index is 13.6. The highest BCUT2D eigenvalue weighted by atomic mass is 16.5. The van der Waals surface area contributed by atoms with E-state index in [1.54, 1.807) is 19.1 Å². The number of amides is 1. The second kappa shape index (κ2) is 10.0. The highest BCUT2D eigenvalue weighted by Crippen LogP contribution is 2.33. The molecule has 3 aromatic carbocycles. The summed E-state index contributed by atoms with van der Waals surface area (Å²) in [5, 5.41) is 17.6. The summed E-state index contributed by atoms with van der Waals surface area (Å²) in [5.74, 6) is -1.68. The second-order valence-corrected chi connectivity index (χ2v) is 7.63. The summed E-state index contributed by atoms with van der Waals surface area (Å²) in [4.78, 5) is 38.7. The van der Waals surface area contributed by atoms with Gasteiger partial charge in [-0.3, -0.25) is 9.59 Å². The van der Waals surface area contributed by atoms with Gasteiger partial charge in [0.25, 0.3) is 11.5 Å². The van der Waals surface area contributed by atoms with E-state index in [1.807, 2.05) is 48.5 Å². The van der Waals surface area contributed by atoms with Crippen LogP contribution in [-0.2, 0) is 11.3 Å². The van der Waals surface area contributed by atoms with Crippen molar-refractivity contribution in [2.24, 2.45) is 0 Å². The number of aromatic hydroxyl groups is 1. The molecule has 1 amide bonds. The minimum Gasteiger partial charge on any atom is -0.506 e. The van der Waals surface area contributed by atoms with Gasteiger partial charge < -0.3 is 15.2 Å². The number of hydrogen-bond acceptors (Lipinski definition) is 6. The number of methoxy groups -OCH3 is 1. The lowest BCUT2D eigenvalue weighted by molar-refractivity contribution is 0.0600. The van der Waals surface area contributed by atoms with Gasteiger partial charge in [0.05, 0.1) is 24.1 Å². The Bertz CT molecular complexity index is 1450. The molecule has 1 heterocycles. The minimum atomic E-state index is -0.711. The van der Waals surface area contributed by atoms with Gasteiger partial charge in [-0.1, -0.05) is 60.7 Å². The van der Waals surface area contributed by atoms with Crippen LogP contribution in [0, 0.1) is 0 Å². The molecule has 0 aliphatic rings. The second-order valence-electron chi connectivity index (χ2n) is 7.63. The Labute approximate surface area is 201 Å². The summed E-state index contributed by atoms with van der Waals surface area (Å²) in [7, 11) is 1.23. The van der Waals surface area contributed by atoms with Crippen molar-refractivity contribution < 1.29 is 19.4 Å². The van der Waals surface area contributed by atoms with Crippen LogP contribution in [0.25, 0.3) is 22.4 Å². The summed E-state index contributed by atoms with van der Waals surface area (Å²) >= 11 is 0. The van der Waals surface area contributed by atoms with Gasteiger partial charge in [-0.05, 0) is 30.7 Å². The van der Waals surface area contributed by atoms with Crippen LogP contribution in [-0.4, -0.2) is 33.9 Å². The molecule has 0 saturated carbocycles. The zero-order chi connectivity index (χ0) is 24.9. The molecule has 35 heavy (non-hydrogen) atoms. The van der Waals surface area contributed by atoms with Crippen molar-refractivity contribution in [3.63, 3.8) is 0 Å². The first kappa shape index (κ1) is 23.4. The standard InChI is InChI=1S/C27H23N3O5/c1-3-30-26(33)23(25(32)28-20-15-14-19(16-21(20)31)27(34)35-2)22(17-10-6-4-7-11-17)24(29-30)18-12-8-5-9-13-18/h4-16,31H,3H2,1-2H3,(H,28,32). The number of nitrogens with zero attached hydrogens (tertiary/aromatic N) is 2. The smallest absolute Gasteiger partial charge is 0.337 e. The van der Waals surface area contributed by atoms with E-state index in [4.69, 9.17) is 0 Å². The Hall–Kier alpha value is -4.72. The van der Waals surface area contributed by atoms with Crippen LogP contribution in [0.1, 0.15) is 27.6 Å². The summed E-state index contributed by atoms with van der Waals surface area (Å²) in [6.45, 7) is 2.03. The molecule has 0 fully saturated rings. The fourth-order valence-electron chi connectivity index (χ4n) is 3.75. The molecular formula is C27H23N3O5. The lowest BCUT2D eigenvalue weighted by Crippen LogP contribution is -2.32. The number of phenolic OH excluding ortho intramolecular Hbond substituents is 1. The predicted molar refractivity (Wildman–Crippen MR) is 132 cm³/mol. The Morgan fingerprint density at radius 1 is 0.971 bits per heavy atom. The Balaban J connectivity index is 1.90. The number of carbonyl (C=O) groups is 2. The summed E-state index contributed by atoms with van der Waals surface area (Å²) < 4.78 is 5.89. The molecule has 8 heteroatoms. The van der Waals surface area contributed by atoms with Gasteiger partial charge in [-0.15, -0.1) is 0 Å². The summed E-state index contributed by atoms with van der Waals surface area (Å²) in [6.07, 6.45) is 0. The van der Waals surface area contributed by atoms with Crippen LogP contribution in [0.5, 0.6) is 5.75 Å². The molecule has 0 atom stereocenters. The molecule has 0 spiro atoms. The Morgan fingerprint density at radius 3 is 2.17 bits per heavy atom. The lowest BCUT2D eigenvalue weighted by Gasteiger charge is -2.17. The van der Waals surface area contributed by atoms with E-state index in [1.165, 1.54) is 30.0 Å². The molecule has 0 saturated heterocycles. The molecule has 0 aliphatic carbocycles.